The molecular formula is C9H14N2O4. The fourth-order valence-electron chi connectivity index (χ4n) is 1.35. The molecule has 0 aromatic rings. The molecule has 2 N–H and O–H groups in total. The smallest absolute Gasteiger partial charge is 0.217 e. The minimum atomic E-state index is -0.445. The van der Waals surface area contributed by atoms with Crippen molar-refractivity contribution >= 4 is 12.1 Å². The van der Waals surface area contributed by atoms with E-state index in [4.69, 9.17) is 14.7 Å². The van der Waals surface area contributed by atoms with Gasteiger partial charge >= 0.3 is 0 Å². The summed E-state index contributed by atoms with van der Waals surface area (Å²) in [5.74, 6) is 0.239. The van der Waals surface area contributed by atoms with Gasteiger partial charge < -0.3 is 20.0 Å². The molecule has 6 nitrogen and oxygen atoms in total. The molecule has 6 heteroatoms. The molecule has 0 saturated carbocycles. The Morgan fingerprint density at radius 1 is 1.87 bits per heavy atom. The summed E-state index contributed by atoms with van der Waals surface area (Å²) < 4.78 is 10.3. The number of nitrogens with one attached hydrogen (secondary N) is 1. The Bertz CT molecular complexity index is 288. The maximum absolute atomic E-state index is 10.9. The zero-order valence-electron chi connectivity index (χ0n) is 8.64. The molecule has 15 heavy (non-hydrogen) atoms. The summed E-state index contributed by atoms with van der Waals surface area (Å²) in [6.45, 7) is 1.44. The Labute approximate surface area is 87.5 Å². The summed E-state index contributed by atoms with van der Waals surface area (Å²) in [6.07, 6.45) is 2.90. The highest BCUT2D eigenvalue weighted by Crippen LogP contribution is 2.16. The van der Waals surface area contributed by atoms with E-state index in [1.165, 1.54) is 14.0 Å². The Hall–Kier alpha value is -1.56. The molecule has 1 amide bonds. The van der Waals surface area contributed by atoms with Gasteiger partial charge in [-0.15, -0.1) is 0 Å². The number of ether oxygens (including phenoxy) is 2. The van der Waals surface area contributed by atoms with Gasteiger partial charge in [0.2, 0.25) is 12.2 Å². The standard InChI is InChI=1S/C9H14N2O4/c1-6(12)11-7-3-8(5-10-13)15-9(4-7)14-2/h3,5,7,9,13H,4H2,1-2H3,(H,11,12). The van der Waals surface area contributed by atoms with Crippen molar-refractivity contribution < 1.29 is 19.5 Å². The van der Waals surface area contributed by atoms with E-state index >= 15 is 0 Å². The predicted molar refractivity (Wildman–Crippen MR) is 52.5 cm³/mol. The van der Waals surface area contributed by atoms with Crippen molar-refractivity contribution in [2.24, 2.45) is 5.16 Å². The number of rotatable bonds is 3. The largest absolute Gasteiger partial charge is 0.463 e. The van der Waals surface area contributed by atoms with Crippen molar-refractivity contribution in [3.05, 3.63) is 11.8 Å². The van der Waals surface area contributed by atoms with Gasteiger partial charge in [-0.2, -0.15) is 0 Å². The highest BCUT2D eigenvalue weighted by atomic mass is 16.7. The lowest BCUT2D eigenvalue weighted by Crippen LogP contribution is -2.38. The van der Waals surface area contributed by atoms with Gasteiger partial charge in [0, 0.05) is 20.5 Å². The van der Waals surface area contributed by atoms with Crippen LogP contribution in [0.15, 0.2) is 17.0 Å². The number of oxime groups is 1. The molecule has 1 heterocycles. The zero-order valence-corrected chi connectivity index (χ0v) is 8.64. The maximum Gasteiger partial charge on any atom is 0.217 e. The summed E-state index contributed by atoms with van der Waals surface area (Å²) in [4.78, 5) is 10.9. The molecule has 0 aromatic carbocycles. The number of hydrogen-bond donors (Lipinski definition) is 2. The minimum Gasteiger partial charge on any atom is -0.463 e. The average molecular weight is 214 g/mol. The van der Waals surface area contributed by atoms with E-state index in [2.05, 4.69) is 10.5 Å². The number of methoxy groups -OCH3 is 1. The SMILES string of the molecule is COC1CC(NC(C)=O)C=C(C=NO)O1. The van der Waals surface area contributed by atoms with Crippen LogP contribution in [0.25, 0.3) is 0 Å². The monoisotopic (exact) mass is 214 g/mol. The quantitative estimate of drug-likeness (QED) is 0.400. The topological polar surface area (TPSA) is 80.2 Å². The van der Waals surface area contributed by atoms with Crippen LogP contribution in [0.5, 0.6) is 0 Å². The first-order valence-electron chi connectivity index (χ1n) is 4.51. The van der Waals surface area contributed by atoms with Crippen molar-refractivity contribution in [3.8, 4) is 0 Å². The number of hydrogen-bond acceptors (Lipinski definition) is 5. The molecule has 0 saturated heterocycles. The molecule has 0 aliphatic carbocycles. The summed E-state index contributed by atoms with van der Waals surface area (Å²) in [6, 6.07) is -0.172. The molecule has 1 rings (SSSR count). The third kappa shape index (κ3) is 3.59. The van der Waals surface area contributed by atoms with Crippen LogP contribution in [0.3, 0.4) is 0 Å². The third-order valence-electron chi connectivity index (χ3n) is 1.92. The van der Waals surface area contributed by atoms with Gasteiger partial charge in [-0.25, -0.2) is 0 Å². The van der Waals surface area contributed by atoms with E-state index in [0.29, 0.717) is 12.2 Å². The van der Waals surface area contributed by atoms with E-state index in [1.54, 1.807) is 6.08 Å². The van der Waals surface area contributed by atoms with Gasteiger partial charge in [0.25, 0.3) is 0 Å². The van der Waals surface area contributed by atoms with Crippen LogP contribution in [0, 0.1) is 0 Å². The molecular weight excluding hydrogens is 200 g/mol. The highest BCUT2D eigenvalue weighted by Gasteiger charge is 2.23. The maximum atomic E-state index is 10.9. The minimum absolute atomic E-state index is 0.131. The van der Waals surface area contributed by atoms with Crippen molar-refractivity contribution in [3.63, 3.8) is 0 Å². The molecule has 84 valence electrons. The zero-order chi connectivity index (χ0) is 11.3. The molecule has 2 unspecified atom stereocenters. The fraction of sp³-hybridized carbons (Fsp3) is 0.556. The normalized spacial score (nSPS) is 25.9. The number of allylic oxidation sites excluding steroid dienone is 1. The second kappa shape index (κ2) is 5.35. The van der Waals surface area contributed by atoms with Crippen molar-refractivity contribution in [1.82, 2.24) is 5.32 Å². The fourth-order valence-corrected chi connectivity index (χ4v) is 1.35. The first kappa shape index (κ1) is 11.5. The molecule has 0 fully saturated rings. The Morgan fingerprint density at radius 3 is 3.13 bits per heavy atom. The molecule has 0 aromatic heterocycles. The van der Waals surface area contributed by atoms with Gasteiger partial charge in [-0.1, -0.05) is 5.16 Å². The number of carbonyl (C=O) groups excluding carboxylic acids is 1. The first-order valence-corrected chi connectivity index (χ1v) is 4.51. The van der Waals surface area contributed by atoms with Crippen LogP contribution in [-0.2, 0) is 14.3 Å². The Morgan fingerprint density at radius 2 is 2.60 bits per heavy atom. The van der Waals surface area contributed by atoms with Gasteiger partial charge in [-0.05, 0) is 6.08 Å². The van der Waals surface area contributed by atoms with Gasteiger partial charge in [-0.3, -0.25) is 4.79 Å². The van der Waals surface area contributed by atoms with Crippen LogP contribution < -0.4 is 5.32 Å². The molecule has 0 spiro atoms. The lowest BCUT2D eigenvalue weighted by atomic mass is 10.1. The molecule has 0 radical (unpaired) electrons. The highest BCUT2D eigenvalue weighted by molar-refractivity contribution is 5.77. The molecule has 1 aliphatic heterocycles. The molecule has 1 aliphatic rings. The second-order valence-corrected chi connectivity index (χ2v) is 3.14. The lowest BCUT2D eigenvalue weighted by Gasteiger charge is -2.27. The summed E-state index contributed by atoms with van der Waals surface area (Å²) in [5, 5.41) is 13.9. The van der Waals surface area contributed by atoms with Gasteiger partial charge in [0.05, 0.1) is 6.04 Å². The van der Waals surface area contributed by atoms with E-state index < -0.39 is 6.29 Å². The number of amides is 1. The second-order valence-electron chi connectivity index (χ2n) is 3.14. The molecule has 2 atom stereocenters. The van der Waals surface area contributed by atoms with E-state index in [0.717, 1.165) is 6.21 Å². The lowest BCUT2D eigenvalue weighted by molar-refractivity contribution is -0.122. The summed E-state index contributed by atoms with van der Waals surface area (Å²) in [5.41, 5.74) is 0. The Balaban J connectivity index is 2.70. The van der Waals surface area contributed by atoms with Gasteiger partial charge in [0.15, 0.2) is 0 Å². The number of nitrogens with zero attached hydrogens (tertiary/aromatic N) is 1. The first-order chi connectivity index (χ1) is 7.15. The van der Waals surface area contributed by atoms with Crippen LogP contribution in [0.2, 0.25) is 0 Å². The molecule has 0 bridgehead atoms. The van der Waals surface area contributed by atoms with Crippen molar-refractivity contribution in [1.29, 1.82) is 0 Å². The van der Waals surface area contributed by atoms with Crippen LogP contribution >= 0.6 is 0 Å². The van der Waals surface area contributed by atoms with E-state index in [-0.39, 0.29) is 11.9 Å². The van der Waals surface area contributed by atoms with Crippen LogP contribution in [0.4, 0.5) is 0 Å². The van der Waals surface area contributed by atoms with E-state index in [1.807, 2.05) is 0 Å². The number of carbonyl (C=O) groups is 1. The average Bonchev–Trinajstić information content (AvgIpc) is 2.16. The summed E-state index contributed by atoms with van der Waals surface area (Å²) in [7, 11) is 1.51. The van der Waals surface area contributed by atoms with E-state index in [9.17, 15) is 4.79 Å². The third-order valence-corrected chi connectivity index (χ3v) is 1.92. The van der Waals surface area contributed by atoms with Crippen LogP contribution in [0.1, 0.15) is 13.3 Å². The predicted octanol–water partition coefficient (Wildman–Crippen LogP) is 0.228. The van der Waals surface area contributed by atoms with Gasteiger partial charge in [0.1, 0.15) is 12.0 Å². The Kier molecular flexibility index (Phi) is 4.11. The van der Waals surface area contributed by atoms with Crippen molar-refractivity contribution in [2.45, 2.75) is 25.7 Å². The summed E-state index contributed by atoms with van der Waals surface area (Å²) >= 11 is 0. The van der Waals surface area contributed by atoms with Crippen molar-refractivity contribution in [2.75, 3.05) is 7.11 Å². The van der Waals surface area contributed by atoms with Crippen LogP contribution in [-0.4, -0.2) is 36.8 Å².